The zero-order valence-electron chi connectivity index (χ0n) is 16.6. The standard InChI is InChI=1S/C24H17ClFN3O3/c25-21-11-18(8-6-16(21)12-27)28-23(30)24(31,32)14-29-13-20(15-4-2-1-3-5-15)19-10-17(26)7-9-22(19)29/h1-11,13,31-32H,14H2,(H,28,30). The number of nitrogens with one attached hydrogen (secondary N) is 1. The van der Waals surface area contributed by atoms with E-state index < -0.39 is 24.1 Å². The summed E-state index contributed by atoms with van der Waals surface area (Å²) in [5, 5.41) is 33.1. The van der Waals surface area contributed by atoms with Crippen LogP contribution in [-0.2, 0) is 11.3 Å². The number of benzene rings is 3. The minimum absolute atomic E-state index is 0.123. The molecular weight excluding hydrogens is 433 g/mol. The Balaban J connectivity index is 1.65. The molecule has 8 heteroatoms. The Morgan fingerprint density at radius 3 is 2.56 bits per heavy atom. The van der Waals surface area contributed by atoms with Gasteiger partial charge < -0.3 is 20.1 Å². The number of carbonyl (C=O) groups excluding carboxylic acids is 1. The van der Waals surface area contributed by atoms with Gasteiger partial charge in [0.2, 0.25) is 0 Å². The van der Waals surface area contributed by atoms with Crippen LogP contribution in [0, 0.1) is 17.1 Å². The monoisotopic (exact) mass is 449 g/mol. The molecule has 32 heavy (non-hydrogen) atoms. The molecule has 0 saturated carbocycles. The summed E-state index contributed by atoms with van der Waals surface area (Å²) >= 11 is 5.96. The summed E-state index contributed by atoms with van der Waals surface area (Å²) in [5.74, 6) is -4.29. The molecule has 0 aliphatic rings. The third kappa shape index (κ3) is 4.20. The van der Waals surface area contributed by atoms with E-state index in [-0.39, 0.29) is 16.3 Å². The van der Waals surface area contributed by atoms with E-state index in [1.54, 1.807) is 6.20 Å². The van der Waals surface area contributed by atoms with Crippen LogP contribution >= 0.6 is 11.6 Å². The molecule has 0 aliphatic heterocycles. The van der Waals surface area contributed by atoms with E-state index in [0.717, 1.165) is 5.56 Å². The molecule has 6 nitrogen and oxygen atoms in total. The van der Waals surface area contributed by atoms with Crippen LogP contribution in [0.5, 0.6) is 0 Å². The number of fused-ring (bicyclic) bond motifs is 1. The lowest BCUT2D eigenvalue weighted by atomic mass is 10.1. The van der Waals surface area contributed by atoms with Crippen LogP contribution in [0.4, 0.5) is 10.1 Å². The lowest BCUT2D eigenvalue weighted by Crippen LogP contribution is -2.46. The fourth-order valence-corrected chi connectivity index (χ4v) is 3.69. The summed E-state index contributed by atoms with van der Waals surface area (Å²) in [4.78, 5) is 12.6. The number of hydrogen-bond donors (Lipinski definition) is 3. The van der Waals surface area contributed by atoms with Crippen LogP contribution in [0.15, 0.2) is 72.9 Å². The Bertz CT molecular complexity index is 1360. The predicted molar refractivity (Wildman–Crippen MR) is 119 cm³/mol. The molecule has 0 atom stereocenters. The zero-order chi connectivity index (χ0) is 22.9. The highest BCUT2D eigenvalue weighted by molar-refractivity contribution is 6.32. The molecule has 160 valence electrons. The topological polar surface area (TPSA) is 98.3 Å². The normalized spacial score (nSPS) is 11.3. The molecule has 3 aromatic carbocycles. The maximum Gasteiger partial charge on any atom is 0.286 e. The van der Waals surface area contributed by atoms with Crippen molar-refractivity contribution < 1.29 is 19.4 Å². The number of carbonyl (C=O) groups is 1. The highest BCUT2D eigenvalue weighted by atomic mass is 35.5. The summed E-state index contributed by atoms with van der Waals surface area (Å²) in [6.45, 7) is -0.502. The van der Waals surface area contributed by atoms with Crippen molar-refractivity contribution in [1.82, 2.24) is 4.57 Å². The number of anilines is 1. The van der Waals surface area contributed by atoms with Crippen molar-refractivity contribution in [2.75, 3.05) is 5.32 Å². The van der Waals surface area contributed by atoms with Crippen molar-refractivity contribution in [2.45, 2.75) is 12.3 Å². The molecule has 4 rings (SSSR count). The van der Waals surface area contributed by atoms with Gasteiger partial charge in [-0.3, -0.25) is 4.79 Å². The molecule has 3 N–H and O–H groups in total. The summed E-state index contributed by atoms with van der Waals surface area (Å²) in [5.41, 5.74) is 2.47. The van der Waals surface area contributed by atoms with Crippen molar-refractivity contribution in [3.8, 4) is 17.2 Å². The molecular formula is C24H17ClFN3O3. The molecule has 0 radical (unpaired) electrons. The first-order valence-corrected chi connectivity index (χ1v) is 9.96. The van der Waals surface area contributed by atoms with E-state index in [9.17, 15) is 19.4 Å². The predicted octanol–water partition coefficient (Wildman–Crippen LogP) is 4.29. The molecule has 1 amide bonds. The number of nitriles is 1. The second-order valence-electron chi connectivity index (χ2n) is 7.28. The summed E-state index contributed by atoms with van der Waals surface area (Å²) in [7, 11) is 0. The van der Waals surface area contributed by atoms with Gasteiger partial charge in [-0.05, 0) is 42.0 Å². The second-order valence-corrected chi connectivity index (χ2v) is 7.68. The van der Waals surface area contributed by atoms with E-state index in [0.29, 0.717) is 16.5 Å². The van der Waals surface area contributed by atoms with Crippen molar-refractivity contribution >= 4 is 34.1 Å². The fraction of sp³-hybridized carbons (Fsp3) is 0.0833. The number of rotatable bonds is 5. The average molecular weight is 450 g/mol. The molecule has 0 aliphatic carbocycles. The Morgan fingerprint density at radius 2 is 1.88 bits per heavy atom. The van der Waals surface area contributed by atoms with Gasteiger partial charge in [0.15, 0.2) is 0 Å². The van der Waals surface area contributed by atoms with Gasteiger partial charge in [-0.25, -0.2) is 4.39 Å². The van der Waals surface area contributed by atoms with Gasteiger partial charge in [0, 0.05) is 28.4 Å². The average Bonchev–Trinajstić information content (AvgIpc) is 3.11. The van der Waals surface area contributed by atoms with Gasteiger partial charge in [-0.2, -0.15) is 5.26 Å². The van der Waals surface area contributed by atoms with E-state index in [2.05, 4.69) is 5.32 Å². The number of amides is 1. The molecule has 0 fully saturated rings. The molecule has 0 saturated heterocycles. The number of aromatic nitrogens is 1. The quantitative estimate of drug-likeness (QED) is 0.396. The maximum absolute atomic E-state index is 13.9. The molecule has 0 unspecified atom stereocenters. The highest BCUT2D eigenvalue weighted by Crippen LogP contribution is 2.32. The van der Waals surface area contributed by atoms with Crippen molar-refractivity contribution in [3.63, 3.8) is 0 Å². The van der Waals surface area contributed by atoms with E-state index in [4.69, 9.17) is 16.9 Å². The van der Waals surface area contributed by atoms with Crippen LogP contribution in [0.2, 0.25) is 5.02 Å². The molecule has 4 aromatic rings. The molecule has 0 bridgehead atoms. The van der Waals surface area contributed by atoms with Crippen molar-refractivity contribution in [2.24, 2.45) is 0 Å². The maximum atomic E-state index is 13.9. The van der Waals surface area contributed by atoms with Crippen LogP contribution in [0.3, 0.4) is 0 Å². The van der Waals surface area contributed by atoms with E-state index in [1.807, 2.05) is 36.4 Å². The third-order valence-electron chi connectivity index (χ3n) is 5.03. The zero-order valence-corrected chi connectivity index (χ0v) is 17.3. The number of nitrogens with zero attached hydrogens (tertiary/aromatic N) is 2. The van der Waals surface area contributed by atoms with Crippen molar-refractivity contribution in [3.05, 3.63) is 89.3 Å². The summed E-state index contributed by atoms with van der Waals surface area (Å²) in [6, 6.07) is 19.5. The Morgan fingerprint density at radius 1 is 1.12 bits per heavy atom. The minimum atomic E-state index is -2.78. The van der Waals surface area contributed by atoms with Crippen LogP contribution in [0.25, 0.3) is 22.0 Å². The first-order chi connectivity index (χ1) is 15.3. The number of aliphatic hydroxyl groups is 2. The summed E-state index contributed by atoms with van der Waals surface area (Å²) in [6.07, 6.45) is 1.65. The number of hydrogen-bond acceptors (Lipinski definition) is 4. The van der Waals surface area contributed by atoms with Crippen LogP contribution < -0.4 is 5.32 Å². The Kier molecular flexibility index (Phi) is 5.68. The molecule has 1 aromatic heterocycles. The van der Waals surface area contributed by atoms with Gasteiger partial charge in [-0.1, -0.05) is 41.9 Å². The Hall–Kier alpha value is -3.70. The van der Waals surface area contributed by atoms with Crippen LogP contribution in [-0.4, -0.2) is 26.5 Å². The van der Waals surface area contributed by atoms with E-state index in [1.165, 1.54) is 41.0 Å². The lowest BCUT2D eigenvalue weighted by Gasteiger charge is -2.22. The fourth-order valence-electron chi connectivity index (χ4n) is 3.47. The van der Waals surface area contributed by atoms with Gasteiger partial charge in [0.1, 0.15) is 11.9 Å². The molecule has 1 heterocycles. The Labute approximate surface area is 187 Å². The minimum Gasteiger partial charge on any atom is -0.357 e. The number of halogens is 2. The van der Waals surface area contributed by atoms with Crippen molar-refractivity contribution in [1.29, 1.82) is 5.26 Å². The second kappa shape index (κ2) is 8.44. The third-order valence-corrected chi connectivity index (χ3v) is 5.34. The highest BCUT2D eigenvalue weighted by Gasteiger charge is 2.34. The van der Waals surface area contributed by atoms with Gasteiger partial charge in [0.25, 0.3) is 11.7 Å². The van der Waals surface area contributed by atoms with Gasteiger partial charge >= 0.3 is 0 Å². The first-order valence-electron chi connectivity index (χ1n) is 9.58. The first kappa shape index (κ1) is 21.5. The van der Waals surface area contributed by atoms with Gasteiger partial charge in [-0.15, -0.1) is 0 Å². The summed E-state index contributed by atoms with van der Waals surface area (Å²) < 4.78 is 15.4. The largest absolute Gasteiger partial charge is 0.357 e. The van der Waals surface area contributed by atoms with Gasteiger partial charge in [0.05, 0.1) is 17.1 Å². The lowest BCUT2D eigenvalue weighted by molar-refractivity contribution is -0.183. The van der Waals surface area contributed by atoms with Crippen LogP contribution in [0.1, 0.15) is 5.56 Å². The SMILES string of the molecule is N#Cc1ccc(NC(=O)C(O)(O)Cn2cc(-c3ccccc3)c3cc(F)ccc32)cc1Cl. The molecule has 0 spiro atoms. The van der Waals surface area contributed by atoms with E-state index >= 15 is 0 Å². The smallest absolute Gasteiger partial charge is 0.286 e.